The molecule has 344 valence electrons. The van der Waals surface area contributed by atoms with Crippen LogP contribution in [0, 0.1) is 13.8 Å². The number of aryl methyl sites for hydroxylation is 2. The highest BCUT2D eigenvalue weighted by Crippen LogP contribution is 2.29. The lowest BCUT2D eigenvalue weighted by Gasteiger charge is -2.36. The lowest BCUT2D eigenvalue weighted by Crippen LogP contribution is -2.49. The topological polar surface area (TPSA) is 138 Å². The molecule has 61 heavy (non-hydrogen) atoms. The average Bonchev–Trinajstić information content (AvgIpc) is 3.17. The van der Waals surface area contributed by atoms with Crippen molar-refractivity contribution in [3.63, 3.8) is 0 Å². The number of carbonyl (C=O) groups excluding carboxylic acids is 2. The van der Waals surface area contributed by atoms with Gasteiger partial charge in [-0.25, -0.2) is 9.59 Å². The Kier molecular flexibility index (Phi) is 19.0. The highest BCUT2D eigenvalue weighted by atomic mass is 32.2. The van der Waals surface area contributed by atoms with Crippen LogP contribution in [-0.4, -0.2) is 127 Å². The van der Waals surface area contributed by atoms with Gasteiger partial charge in [0.1, 0.15) is 22.7 Å². The molecule has 6 rings (SSSR count). The minimum atomic E-state index is -3.22. The van der Waals surface area contributed by atoms with E-state index in [-0.39, 0.29) is 18.3 Å². The van der Waals surface area contributed by atoms with Crippen LogP contribution in [0.2, 0.25) is 0 Å². The summed E-state index contributed by atoms with van der Waals surface area (Å²) < 4.78 is 43.5. The van der Waals surface area contributed by atoms with Crippen molar-refractivity contribution in [1.29, 1.82) is 0 Å². The minimum Gasteiger partial charge on any atom is -0.508 e. The number of nitrogens with zero attached hydrogens (tertiary/aromatic N) is 4. The van der Waals surface area contributed by atoms with Gasteiger partial charge in [0.15, 0.2) is 0 Å². The second-order valence-electron chi connectivity index (χ2n) is 19.2. The molecule has 2 amide bonds. The van der Waals surface area contributed by atoms with E-state index in [1.165, 1.54) is 49.7 Å². The molecular formula is C47H76N4O9S. The number of amides is 2. The van der Waals surface area contributed by atoms with E-state index in [4.69, 9.17) is 18.4 Å². The molecule has 13 nitrogen and oxygen atoms in total. The molecule has 4 fully saturated rings. The largest absolute Gasteiger partial charge is 0.508 e. The molecule has 0 spiro atoms. The summed E-state index contributed by atoms with van der Waals surface area (Å²) in [6, 6.07) is 12.3. The van der Waals surface area contributed by atoms with Crippen molar-refractivity contribution in [3.8, 4) is 11.5 Å². The van der Waals surface area contributed by atoms with Gasteiger partial charge in [0.2, 0.25) is 0 Å². The van der Waals surface area contributed by atoms with E-state index >= 15 is 0 Å². The number of ether oxygens (including phenoxy) is 3. The fraction of sp³-hybridized carbons (Fsp3) is 0.702. The number of piperazine rings is 2. The summed E-state index contributed by atoms with van der Waals surface area (Å²) in [6.45, 7) is 23.0. The van der Waals surface area contributed by atoms with E-state index in [1.807, 2.05) is 65.5 Å². The standard InChI is InChI=1S/C23H36N2O3.C17H26N2O3.C7H14O3S/c1-18-10-11-19(21(16-18)27-20-8-6-5-7-9-20)17-24-12-14-25(15-13-24)22(26)28-23(2,3)4;1-13-5-6-14(15(20)11-13)12-18-7-9-19(10-8-18)16(21)22-17(2,3)4;1-11(8,9)10-7-5-3-2-4-6-7/h10-11,16,20H,5-9,12-15,17H2,1-4H3;5-6,11,20H,7-10,12H2,1-4H3;7H,2-6H2,1H3. The van der Waals surface area contributed by atoms with Gasteiger partial charge in [0, 0.05) is 76.6 Å². The van der Waals surface area contributed by atoms with Crippen LogP contribution in [0.3, 0.4) is 0 Å². The quantitative estimate of drug-likeness (QED) is 0.255. The molecule has 2 aromatic carbocycles. The Balaban J connectivity index is 0.000000220. The van der Waals surface area contributed by atoms with Crippen LogP contribution < -0.4 is 4.74 Å². The number of phenols is 1. The Bertz CT molecular complexity index is 1780. The minimum absolute atomic E-state index is 0.0428. The van der Waals surface area contributed by atoms with Gasteiger partial charge in [-0.3, -0.25) is 14.0 Å². The Hall–Kier alpha value is -3.59. The molecule has 2 saturated heterocycles. The number of benzene rings is 2. The number of rotatable bonds is 8. The number of phenolic OH excluding ortho intramolecular Hbond substituents is 1. The van der Waals surface area contributed by atoms with Gasteiger partial charge in [-0.05, 0) is 117 Å². The lowest BCUT2D eigenvalue weighted by molar-refractivity contribution is 0.0128. The zero-order valence-electron chi connectivity index (χ0n) is 38.7. The van der Waals surface area contributed by atoms with E-state index in [0.29, 0.717) is 44.6 Å². The molecule has 1 N–H and O–H groups in total. The van der Waals surface area contributed by atoms with Crippen LogP contribution in [0.1, 0.15) is 128 Å². The summed E-state index contributed by atoms with van der Waals surface area (Å²) >= 11 is 0. The summed E-state index contributed by atoms with van der Waals surface area (Å²) in [5.41, 5.74) is 3.57. The normalized spacial score (nSPS) is 18.9. The Morgan fingerprint density at radius 2 is 1.03 bits per heavy atom. The molecule has 14 heteroatoms. The Labute approximate surface area is 367 Å². The summed E-state index contributed by atoms with van der Waals surface area (Å²) in [7, 11) is -3.22. The van der Waals surface area contributed by atoms with E-state index in [1.54, 1.807) is 11.0 Å². The first-order valence-electron chi connectivity index (χ1n) is 22.5. The summed E-state index contributed by atoms with van der Waals surface area (Å²) in [4.78, 5) is 32.5. The summed E-state index contributed by atoms with van der Waals surface area (Å²) in [6.07, 6.45) is 12.4. The van der Waals surface area contributed by atoms with Crippen molar-refractivity contribution in [2.24, 2.45) is 0 Å². The van der Waals surface area contributed by atoms with E-state index < -0.39 is 21.3 Å². The molecule has 2 aliphatic heterocycles. The third-order valence-electron chi connectivity index (χ3n) is 11.0. The smallest absolute Gasteiger partial charge is 0.410 e. The van der Waals surface area contributed by atoms with E-state index in [2.05, 4.69) is 34.9 Å². The van der Waals surface area contributed by atoms with Crippen molar-refractivity contribution in [1.82, 2.24) is 19.6 Å². The van der Waals surface area contributed by atoms with Crippen molar-refractivity contribution in [2.45, 2.75) is 156 Å². The Morgan fingerprint density at radius 1 is 0.623 bits per heavy atom. The van der Waals surface area contributed by atoms with Gasteiger partial charge in [-0.15, -0.1) is 0 Å². The van der Waals surface area contributed by atoms with Crippen molar-refractivity contribution >= 4 is 22.3 Å². The van der Waals surface area contributed by atoms with Gasteiger partial charge in [0.05, 0.1) is 18.5 Å². The highest BCUT2D eigenvalue weighted by molar-refractivity contribution is 7.86. The van der Waals surface area contributed by atoms with Crippen LogP contribution in [0.5, 0.6) is 11.5 Å². The maximum atomic E-state index is 12.3. The maximum Gasteiger partial charge on any atom is 0.410 e. The van der Waals surface area contributed by atoms with Gasteiger partial charge >= 0.3 is 12.2 Å². The molecule has 2 heterocycles. The lowest BCUT2D eigenvalue weighted by atomic mass is 9.97. The Morgan fingerprint density at radius 3 is 1.46 bits per heavy atom. The third-order valence-corrected chi connectivity index (χ3v) is 11.6. The van der Waals surface area contributed by atoms with Gasteiger partial charge in [-0.1, -0.05) is 49.9 Å². The monoisotopic (exact) mass is 873 g/mol. The zero-order valence-corrected chi connectivity index (χ0v) is 39.5. The van der Waals surface area contributed by atoms with Crippen LogP contribution in [0.25, 0.3) is 0 Å². The zero-order chi connectivity index (χ0) is 44.8. The van der Waals surface area contributed by atoms with Crippen molar-refractivity contribution in [3.05, 3.63) is 58.7 Å². The average molecular weight is 873 g/mol. The molecule has 0 aromatic heterocycles. The fourth-order valence-electron chi connectivity index (χ4n) is 7.79. The maximum absolute atomic E-state index is 12.3. The highest BCUT2D eigenvalue weighted by Gasteiger charge is 2.28. The predicted octanol–water partition coefficient (Wildman–Crippen LogP) is 8.81. The molecular weight excluding hydrogens is 797 g/mol. The van der Waals surface area contributed by atoms with Crippen LogP contribution in [-0.2, 0) is 36.9 Å². The molecule has 0 atom stereocenters. The summed E-state index contributed by atoms with van der Waals surface area (Å²) in [5, 5.41) is 9.98. The molecule has 0 unspecified atom stereocenters. The first-order valence-corrected chi connectivity index (χ1v) is 24.3. The van der Waals surface area contributed by atoms with E-state index in [9.17, 15) is 23.1 Å². The van der Waals surface area contributed by atoms with Crippen molar-refractivity contribution < 1.29 is 41.5 Å². The second kappa shape index (κ2) is 23.2. The number of hydrogen-bond acceptors (Lipinski definition) is 11. The molecule has 2 aliphatic carbocycles. The van der Waals surface area contributed by atoms with Crippen LogP contribution >= 0.6 is 0 Å². The molecule has 0 bridgehead atoms. The first kappa shape index (κ1) is 50.1. The molecule has 0 radical (unpaired) electrons. The first-order chi connectivity index (χ1) is 28.6. The molecule has 2 saturated carbocycles. The number of hydrogen-bond donors (Lipinski definition) is 1. The molecule has 2 aromatic rings. The molecule has 4 aliphatic rings. The SMILES string of the molecule is CS(=O)(=O)OC1CCCCC1.Cc1ccc(CN2CCN(C(=O)OC(C)(C)C)CC2)c(O)c1.Cc1ccc(CN2CCN(C(=O)OC(C)(C)C)CC2)c(OC2CCCCC2)c1. The van der Waals surface area contributed by atoms with E-state index in [0.717, 1.165) is 81.5 Å². The van der Waals surface area contributed by atoms with Gasteiger partial charge in [-0.2, -0.15) is 8.42 Å². The summed E-state index contributed by atoms with van der Waals surface area (Å²) in [5.74, 6) is 1.39. The van der Waals surface area contributed by atoms with Crippen LogP contribution in [0.4, 0.5) is 9.59 Å². The van der Waals surface area contributed by atoms with Crippen LogP contribution in [0.15, 0.2) is 36.4 Å². The number of aromatic hydroxyl groups is 1. The second-order valence-corrected chi connectivity index (χ2v) is 20.8. The third kappa shape index (κ3) is 19.1. The number of carbonyl (C=O) groups is 2. The van der Waals surface area contributed by atoms with Gasteiger partial charge in [0.25, 0.3) is 10.1 Å². The fourth-order valence-corrected chi connectivity index (χ4v) is 8.48. The predicted molar refractivity (Wildman–Crippen MR) is 240 cm³/mol. The van der Waals surface area contributed by atoms with Gasteiger partial charge < -0.3 is 29.1 Å². The van der Waals surface area contributed by atoms with Crippen molar-refractivity contribution in [2.75, 3.05) is 58.6 Å².